The van der Waals surface area contributed by atoms with E-state index in [9.17, 15) is 4.79 Å². The van der Waals surface area contributed by atoms with Crippen molar-refractivity contribution in [1.29, 1.82) is 0 Å². The number of furan rings is 1. The Morgan fingerprint density at radius 1 is 1.22 bits per heavy atom. The van der Waals surface area contributed by atoms with Crippen molar-refractivity contribution in [3.63, 3.8) is 0 Å². The van der Waals surface area contributed by atoms with E-state index in [0.717, 1.165) is 56.7 Å². The molecule has 2 aromatic rings. The number of hydrogen-bond donors (Lipinski definition) is 2. The number of piperazine rings is 1. The minimum Gasteiger partial charge on any atom is -0.467 e. The van der Waals surface area contributed by atoms with Gasteiger partial charge in [0.2, 0.25) is 5.91 Å². The van der Waals surface area contributed by atoms with Crippen molar-refractivity contribution in [3.8, 4) is 0 Å². The molecule has 0 spiro atoms. The van der Waals surface area contributed by atoms with Gasteiger partial charge in [-0.2, -0.15) is 0 Å². The second-order valence-electron chi connectivity index (χ2n) is 6.28. The van der Waals surface area contributed by atoms with Crippen LogP contribution in [-0.2, 0) is 17.9 Å². The molecule has 9 heteroatoms. The van der Waals surface area contributed by atoms with Gasteiger partial charge in [-0.15, -0.1) is 0 Å². The predicted molar refractivity (Wildman–Crippen MR) is 99.9 cm³/mol. The van der Waals surface area contributed by atoms with E-state index in [1.54, 1.807) is 18.6 Å². The molecule has 0 unspecified atom stereocenters. The topological polar surface area (TPSA) is 99.1 Å². The maximum Gasteiger partial charge on any atom is 0.242 e. The molecule has 1 saturated heterocycles. The number of hydrogen-bond acceptors (Lipinski definition) is 6. The number of aromatic nitrogens is 1. The Morgan fingerprint density at radius 3 is 2.74 bits per heavy atom. The SMILES string of the molecule is CCNC(=NCC(=O)NCc1ccco1)N1CCN(Cc2ccon2)CC1. The maximum absolute atomic E-state index is 12.0. The summed E-state index contributed by atoms with van der Waals surface area (Å²) in [6, 6.07) is 5.51. The Hall–Kier alpha value is -2.81. The summed E-state index contributed by atoms with van der Waals surface area (Å²) in [6.07, 6.45) is 3.18. The monoisotopic (exact) mass is 374 g/mol. The van der Waals surface area contributed by atoms with Gasteiger partial charge in [0.1, 0.15) is 18.6 Å². The fourth-order valence-corrected chi connectivity index (χ4v) is 2.89. The molecule has 146 valence electrons. The zero-order chi connectivity index (χ0) is 18.9. The van der Waals surface area contributed by atoms with Crippen LogP contribution in [0.4, 0.5) is 0 Å². The molecule has 0 bridgehead atoms. The van der Waals surface area contributed by atoms with E-state index >= 15 is 0 Å². The Balaban J connectivity index is 1.46. The van der Waals surface area contributed by atoms with E-state index < -0.39 is 0 Å². The molecular formula is C18H26N6O3. The molecule has 0 atom stereocenters. The van der Waals surface area contributed by atoms with Crippen molar-refractivity contribution in [2.24, 2.45) is 4.99 Å². The molecular weight excluding hydrogens is 348 g/mol. The standard InChI is InChI=1S/C18H26N6O3/c1-2-19-18(21-13-17(25)20-12-16-4-3-10-26-16)24-8-6-23(7-9-24)14-15-5-11-27-22-15/h3-5,10-11H,2,6-9,12-14H2,1H3,(H,19,21)(H,20,25). The molecule has 1 fully saturated rings. The molecule has 3 heterocycles. The van der Waals surface area contributed by atoms with Crippen LogP contribution in [0, 0.1) is 0 Å². The highest BCUT2D eigenvalue weighted by Crippen LogP contribution is 2.07. The first-order valence-electron chi connectivity index (χ1n) is 9.18. The largest absolute Gasteiger partial charge is 0.467 e. The van der Waals surface area contributed by atoms with Crippen LogP contribution in [0.15, 0.2) is 44.7 Å². The number of guanidine groups is 1. The van der Waals surface area contributed by atoms with Gasteiger partial charge in [-0.1, -0.05) is 5.16 Å². The number of carbonyl (C=O) groups is 1. The highest BCUT2D eigenvalue weighted by Gasteiger charge is 2.20. The normalized spacial score (nSPS) is 15.7. The average molecular weight is 374 g/mol. The van der Waals surface area contributed by atoms with Crippen LogP contribution in [0.1, 0.15) is 18.4 Å². The highest BCUT2D eigenvalue weighted by molar-refractivity contribution is 5.85. The third-order valence-corrected chi connectivity index (χ3v) is 4.30. The smallest absolute Gasteiger partial charge is 0.242 e. The van der Waals surface area contributed by atoms with Crippen molar-refractivity contribution >= 4 is 11.9 Å². The minimum atomic E-state index is -0.133. The van der Waals surface area contributed by atoms with Crippen LogP contribution in [0.5, 0.6) is 0 Å². The van der Waals surface area contributed by atoms with Gasteiger partial charge < -0.3 is 24.5 Å². The van der Waals surface area contributed by atoms with Crippen molar-refractivity contribution < 1.29 is 13.7 Å². The lowest BCUT2D eigenvalue weighted by Crippen LogP contribution is -2.52. The van der Waals surface area contributed by atoms with Crippen LogP contribution in [-0.4, -0.2) is 66.1 Å². The second kappa shape index (κ2) is 9.77. The number of amides is 1. The first kappa shape index (κ1) is 19.0. The third-order valence-electron chi connectivity index (χ3n) is 4.30. The molecule has 1 aliphatic rings. The van der Waals surface area contributed by atoms with Crippen LogP contribution < -0.4 is 10.6 Å². The molecule has 1 aliphatic heterocycles. The van der Waals surface area contributed by atoms with Crippen LogP contribution in [0.3, 0.4) is 0 Å². The quantitative estimate of drug-likeness (QED) is 0.543. The molecule has 0 aliphatic carbocycles. The molecule has 0 aromatic carbocycles. The third kappa shape index (κ3) is 5.85. The number of carbonyl (C=O) groups excluding carboxylic acids is 1. The Morgan fingerprint density at radius 2 is 2.07 bits per heavy atom. The van der Waals surface area contributed by atoms with Crippen molar-refractivity contribution in [1.82, 2.24) is 25.6 Å². The van der Waals surface area contributed by atoms with Crippen LogP contribution in [0.25, 0.3) is 0 Å². The molecule has 1 amide bonds. The summed E-state index contributed by atoms with van der Waals surface area (Å²) < 4.78 is 10.1. The first-order chi connectivity index (χ1) is 13.2. The number of aliphatic imine (C=N–C) groups is 1. The van der Waals surface area contributed by atoms with Gasteiger partial charge in [-0.3, -0.25) is 9.69 Å². The predicted octanol–water partition coefficient (Wildman–Crippen LogP) is 0.667. The molecule has 3 rings (SSSR count). The summed E-state index contributed by atoms with van der Waals surface area (Å²) in [5, 5.41) is 10.0. The van der Waals surface area contributed by atoms with Crippen molar-refractivity contribution in [2.75, 3.05) is 39.3 Å². The molecule has 27 heavy (non-hydrogen) atoms. The molecule has 0 saturated carbocycles. The Labute approximate surface area is 158 Å². The lowest BCUT2D eigenvalue weighted by molar-refractivity contribution is -0.119. The lowest BCUT2D eigenvalue weighted by atomic mass is 10.3. The number of nitrogens with one attached hydrogen (secondary N) is 2. The van der Waals surface area contributed by atoms with E-state index in [0.29, 0.717) is 6.54 Å². The van der Waals surface area contributed by atoms with Gasteiger partial charge in [0.05, 0.1) is 18.5 Å². The lowest BCUT2D eigenvalue weighted by Gasteiger charge is -2.36. The second-order valence-corrected chi connectivity index (χ2v) is 6.28. The summed E-state index contributed by atoms with van der Waals surface area (Å²) in [5.74, 6) is 1.36. The van der Waals surface area contributed by atoms with Gasteiger partial charge in [0.25, 0.3) is 0 Å². The van der Waals surface area contributed by atoms with E-state index in [-0.39, 0.29) is 12.5 Å². The van der Waals surface area contributed by atoms with E-state index in [1.807, 2.05) is 19.1 Å². The molecule has 2 aromatic heterocycles. The van der Waals surface area contributed by atoms with Gasteiger partial charge in [-0.25, -0.2) is 4.99 Å². The van der Waals surface area contributed by atoms with Crippen LogP contribution in [0.2, 0.25) is 0 Å². The highest BCUT2D eigenvalue weighted by atomic mass is 16.5. The van der Waals surface area contributed by atoms with Gasteiger partial charge in [0.15, 0.2) is 5.96 Å². The van der Waals surface area contributed by atoms with Crippen molar-refractivity contribution in [2.45, 2.75) is 20.0 Å². The maximum atomic E-state index is 12.0. The van der Waals surface area contributed by atoms with Gasteiger partial charge >= 0.3 is 0 Å². The van der Waals surface area contributed by atoms with Crippen LogP contribution >= 0.6 is 0 Å². The number of nitrogens with zero attached hydrogens (tertiary/aromatic N) is 4. The summed E-state index contributed by atoms with van der Waals surface area (Å²) in [6.45, 7) is 7.52. The zero-order valence-corrected chi connectivity index (χ0v) is 15.6. The summed E-state index contributed by atoms with van der Waals surface area (Å²) in [4.78, 5) is 21.0. The van der Waals surface area contributed by atoms with Gasteiger partial charge in [-0.05, 0) is 19.1 Å². The average Bonchev–Trinajstić information content (AvgIpc) is 3.38. The van der Waals surface area contributed by atoms with E-state index in [4.69, 9.17) is 8.94 Å². The van der Waals surface area contributed by atoms with E-state index in [2.05, 4.69) is 30.6 Å². The Kier molecular flexibility index (Phi) is 6.86. The molecule has 0 radical (unpaired) electrons. The summed E-state index contributed by atoms with van der Waals surface area (Å²) in [5.41, 5.74) is 0.942. The summed E-state index contributed by atoms with van der Waals surface area (Å²) in [7, 11) is 0. The van der Waals surface area contributed by atoms with Gasteiger partial charge in [0, 0.05) is 45.3 Å². The van der Waals surface area contributed by atoms with Crippen molar-refractivity contribution in [3.05, 3.63) is 42.2 Å². The molecule has 9 nitrogen and oxygen atoms in total. The minimum absolute atomic E-state index is 0.0855. The van der Waals surface area contributed by atoms with E-state index in [1.165, 1.54) is 0 Å². The number of rotatable bonds is 7. The summed E-state index contributed by atoms with van der Waals surface area (Å²) >= 11 is 0. The fraction of sp³-hybridized carbons (Fsp3) is 0.500. The fourth-order valence-electron chi connectivity index (χ4n) is 2.89. The molecule has 2 N–H and O–H groups in total. The first-order valence-corrected chi connectivity index (χ1v) is 9.18. The Bertz CT molecular complexity index is 706. The zero-order valence-electron chi connectivity index (χ0n) is 15.6.